The van der Waals surface area contributed by atoms with Crippen LogP contribution in [0.3, 0.4) is 0 Å². The van der Waals surface area contributed by atoms with Crippen molar-refractivity contribution in [1.29, 1.82) is 0 Å². The van der Waals surface area contributed by atoms with Crippen LogP contribution in [0.4, 0.5) is 0 Å². The highest BCUT2D eigenvalue weighted by atomic mass is 127. The molecule has 2 heterocycles. The lowest BCUT2D eigenvalue weighted by molar-refractivity contribution is 0.459. The molecule has 1 aromatic heterocycles. The Balaban J connectivity index is 0.00000256. The molecule has 0 aliphatic carbocycles. The fourth-order valence-electron chi connectivity index (χ4n) is 3.88. The predicted octanol–water partition coefficient (Wildman–Crippen LogP) is 3.92. The van der Waals surface area contributed by atoms with Gasteiger partial charge in [0, 0.05) is 25.3 Å². The zero-order valence-corrected chi connectivity index (χ0v) is 19.6. The Bertz CT molecular complexity index is 925. The first-order chi connectivity index (χ1) is 14.3. The number of guanidine groups is 1. The van der Waals surface area contributed by atoms with E-state index in [9.17, 15) is 0 Å². The second kappa shape index (κ2) is 11.1. The SMILES string of the molecule is CCNC(=NCc1nncn1-c1ccccc1)N1CCC(Cc2ccccc2)C1.I. The summed E-state index contributed by atoms with van der Waals surface area (Å²) in [5.74, 6) is 2.46. The average Bonchev–Trinajstić information content (AvgIpc) is 3.42. The molecule has 158 valence electrons. The summed E-state index contributed by atoms with van der Waals surface area (Å²) in [5, 5.41) is 11.8. The number of rotatable bonds is 6. The maximum atomic E-state index is 4.87. The predicted molar refractivity (Wildman–Crippen MR) is 131 cm³/mol. The van der Waals surface area contributed by atoms with Crippen molar-refractivity contribution in [3.05, 3.63) is 78.4 Å². The van der Waals surface area contributed by atoms with Crippen LogP contribution in [0, 0.1) is 5.92 Å². The van der Waals surface area contributed by atoms with Gasteiger partial charge in [-0.1, -0.05) is 48.5 Å². The number of hydrogen-bond acceptors (Lipinski definition) is 3. The van der Waals surface area contributed by atoms with E-state index in [0.717, 1.165) is 43.5 Å². The average molecular weight is 516 g/mol. The van der Waals surface area contributed by atoms with Crippen LogP contribution in [0.5, 0.6) is 0 Å². The molecular formula is C23H29IN6. The van der Waals surface area contributed by atoms with E-state index in [2.05, 4.69) is 69.8 Å². The molecular weight excluding hydrogens is 487 g/mol. The van der Waals surface area contributed by atoms with Crippen LogP contribution in [0.15, 0.2) is 72.0 Å². The van der Waals surface area contributed by atoms with Crippen molar-refractivity contribution in [2.24, 2.45) is 10.9 Å². The van der Waals surface area contributed by atoms with Gasteiger partial charge in [0.1, 0.15) is 12.9 Å². The van der Waals surface area contributed by atoms with Crippen molar-refractivity contribution >= 4 is 29.9 Å². The molecule has 1 N–H and O–H groups in total. The van der Waals surface area contributed by atoms with Crippen LogP contribution in [-0.4, -0.2) is 45.3 Å². The Morgan fingerprint density at radius 3 is 2.57 bits per heavy atom. The molecule has 1 atom stereocenters. The van der Waals surface area contributed by atoms with Gasteiger partial charge in [-0.2, -0.15) is 0 Å². The third-order valence-electron chi connectivity index (χ3n) is 5.31. The van der Waals surface area contributed by atoms with Crippen molar-refractivity contribution in [2.75, 3.05) is 19.6 Å². The smallest absolute Gasteiger partial charge is 0.194 e. The summed E-state index contributed by atoms with van der Waals surface area (Å²) < 4.78 is 2.00. The van der Waals surface area contributed by atoms with Crippen molar-refractivity contribution in [2.45, 2.75) is 26.3 Å². The number of hydrogen-bond donors (Lipinski definition) is 1. The standard InChI is InChI=1S/C23H28N6.HI/c1-2-24-23(28-14-13-20(17-28)15-19-9-5-3-6-10-19)25-16-22-27-26-18-29(22)21-11-7-4-8-12-21;/h3-12,18,20H,2,13-17H2,1H3,(H,24,25);1H. The molecule has 0 spiro atoms. The molecule has 1 aliphatic heterocycles. The molecule has 4 rings (SSSR count). The molecule has 30 heavy (non-hydrogen) atoms. The molecule has 0 radical (unpaired) electrons. The molecule has 3 aromatic rings. The summed E-state index contributed by atoms with van der Waals surface area (Å²) in [6, 6.07) is 20.9. The van der Waals surface area contributed by atoms with Gasteiger partial charge in [0.15, 0.2) is 11.8 Å². The number of nitrogens with zero attached hydrogens (tertiary/aromatic N) is 5. The van der Waals surface area contributed by atoms with E-state index in [1.807, 2.05) is 22.8 Å². The summed E-state index contributed by atoms with van der Waals surface area (Å²) in [7, 11) is 0. The molecule has 1 unspecified atom stereocenters. The summed E-state index contributed by atoms with van der Waals surface area (Å²) in [4.78, 5) is 7.25. The van der Waals surface area contributed by atoms with Crippen molar-refractivity contribution in [1.82, 2.24) is 25.0 Å². The maximum Gasteiger partial charge on any atom is 0.194 e. The fraction of sp³-hybridized carbons (Fsp3) is 0.348. The van der Waals surface area contributed by atoms with Gasteiger partial charge < -0.3 is 10.2 Å². The zero-order valence-electron chi connectivity index (χ0n) is 17.3. The zero-order chi connectivity index (χ0) is 19.9. The maximum absolute atomic E-state index is 4.87. The minimum Gasteiger partial charge on any atom is -0.357 e. The summed E-state index contributed by atoms with van der Waals surface area (Å²) in [6.07, 6.45) is 4.07. The Morgan fingerprint density at radius 1 is 1.10 bits per heavy atom. The van der Waals surface area contributed by atoms with Gasteiger partial charge in [0.05, 0.1) is 0 Å². The molecule has 0 saturated carbocycles. The summed E-state index contributed by atoms with van der Waals surface area (Å²) >= 11 is 0. The third-order valence-corrected chi connectivity index (χ3v) is 5.31. The van der Waals surface area contributed by atoms with Crippen LogP contribution in [0.1, 0.15) is 24.7 Å². The third kappa shape index (κ3) is 5.59. The quantitative estimate of drug-likeness (QED) is 0.307. The lowest BCUT2D eigenvalue weighted by Crippen LogP contribution is -2.40. The van der Waals surface area contributed by atoms with Crippen LogP contribution >= 0.6 is 24.0 Å². The Hall–Kier alpha value is -2.42. The van der Waals surface area contributed by atoms with Gasteiger partial charge in [-0.3, -0.25) is 4.57 Å². The molecule has 0 amide bonds. The van der Waals surface area contributed by atoms with E-state index in [0.29, 0.717) is 12.5 Å². The van der Waals surface area contributed by atoms with Gasteiger partial charge in [-0.25, -0.2) is 4.99 Å². The normalized spacial score (nSPS) is 16.4. The number of nitrogens with one attached hydrogen (secondary N) is 1. The molecule has 7 heteroatoms. The highest BCUT2D eigenvalue weighted by Crippen LogP contribution is 2.21. The largest absolute Gasteiger partial charge is 0.357 e. The second-order valence-corrected chi connectivity index (χ2v) is 7.41. The summed E-state index contributed by atoms with van der Waals surface area (Å²) in [6.45, 7) is 5.53. The minimum atomic E-state index is 0. The lowest BCUT2D eigenvalue weighted by atomic mass is 9.99. The van der Waals surface area contributed by atoms with E-state index < -0.39 is 0 Å². The monoisotopic (exact) mass is 516 g/mol. The Kier molecular flexibility index (Phi) is 8.24. The minimum absolute atomic E-state index is 0. The molecule has 1 aliphatic rings. The van der Waals surface area contributed by atoms with E-state index >= 15 is 0 Å². The molecule has 0 bridgehead atoms. The molecule has 1 saturated heterocycles. The van der Waals surface area contributed by atoms with E-state index in [1.165, 1.54) is 12.0 Å². The summed E-state index contributed by atoms with van der Waals surface area (Å²) in [5.41, 5.74) is 2.47. The van der Waals surface area contributed by atoms with Crippen molar-refractivity contribution < 1.29 is 0 Å². The van der Waals surface area contributed by atoms with Gasteiger partial charge in [0.25, 0.3) is 0 Å². The van der Waals surface area contributed by atoms with Crippen LogP contribution in [0.25, 0.3) is 5.69 Å². The number of benzene rings is 2. The van der Waals surface area contributed by atoms with Crippen LogP contribution < -0.4 is 5.32 Å². The van der Waals surface area contributed by atoms with Gasteiger partial charge in [-0.15, -0.1) is 34.2 Å². The second-order valence-electron chi connectivity index (χ2n) is 7.41. The first-order valence-corrected chi connectivity index (χ1v) is 10.3. The topological polar surface area (TPSA) is 58.3 Å². The van der Waals surface area contributed by atoms with E-state index in [1.54, 1.807) is 6.33 Å². The van der Waals surface area contributed by atoms with E-state index in [4.69, 9.17) is 4.99 Å². The van der Waals surface area contributed by atoms with Crippen molar-refractivity contribution in [3.63, 3.8) is 0 Å². The first-order valence-electron chi connectivity index (χ1n) is 10.3. The van der Waals surface area contributed by atoms with Gasteiger partial charge in [0.2, 0.25) is 0 Å². The molecule has 6 nitrogen and oxygen atoms in total. The Labute approximate surface area is 195 Å². The Morgan fingerprint density at radius 2 is 1.83 bits per heavy atom. The molecule has 2 aromatic carbocycles. The van der Waals surface area contributed by atoms with Gasteiger partial charge >= 0.3 is 0 Å². The number of aliphatic imine (C=N–C) groups is 1. The number of halogens is 1. The number of aromatic nitrogens is 3. The lowest BCUT2D eigenvalue weighted by Gasteiger charge is -2.21. The van der Waals surface area contributed by atoms with Gasteiger partial charge in [-0.05, 0) is 43.4 Å². The van der Waals surface area contributed by atoms with E-state index in [-0.39, 0.29) is 24.0 Å². The fourth-order valence-corrected chi connectivity index (χ4v) is 3.88. The molecule has 1 fully saturated rings. The van der Waals surface area contributed by atoms with Crippen LogP contribution in [0.2, 0.25) is 0 Å². The number of para-hydroxylation sites is 1. The highest BCUT2D eigenvalue weighted by Gasteiger charge is 2.25. The van der Waals surface area contributed by atoms with Crippen molar-refractivity contribution in [3.8, 4) is 5.69 Å². The number of likely N-dealkylation sites (tertiary alicyclic amines) is 1. The van der Waals surface area contributed by atoms with Crippen LogP contribution in [-0.2, 0) is 13.0 Å². The highest BCUT2D eigenvalue weighted by molar-refractivity contribution is 14.0. The first kappa shape index (κ1) is 22.3.